The van der Waals surface area contributed by atoms with Crippen LogP contribution in [0.25, 0.3) is 21.7 Å². The molecule has 0 fully saturated rings. The number of hydrogen-bond acceptors (Lipinski definition) is 4. The maximum atomic E-state index is 10.1. The Kier molecular flexibility index (Phi) is 5.00. The molecule has 1 aliphatic rings. The topological polar surface area (TPSA) is 45.9 Å². The molecule has 0 atom stereocenters. The molecule has 0 bridgehead atoms. The van der Waals surface area contributed by atoms with Crippen LogP contribution < -0.4 is 4.74 Å². The molecule has 0 saturated carbocycles. The maximum Gasteiger partial charge on any atom is 0.233 e. The minimum absolute atomic E-state index is 0.256. The van der Waals surface area contributed by atoms with Gasteiger partial charge in [-0.3, -0.25) is 0 Å². The van der Waals surface area contributed by atoms with Gasteiger partial charge in [-0.2, -0.15) is 5.26 Å². The van der Waals surface area contributed by atoms with Crippen molar-refractivity contribution >= 4 is 22.9 Å². The molecule has 0 unspecified atom stereocenters. The smallest absolute Gasteiger partial charge is 0.233 e. The van der Waals surface area contributed by atoms with Crippen molar-refractivity contribution in [1.29, 1.82) is 5.26 Å². The Morgan fingerprint density at radius 3 is 2.67 bits per heavy atom. The predicted octanol–water partition coefficient (Wildman–Crippen LogP) is 6.68. The van der Waals surface area contributed by atoms with Crippen molar-refractivity contribution in [3.8, 4) is 33.6 Å². The van der Waals surface area contributed by atoms with E-state index in [9.17, 15) is 5.26 Å². The lowest BCUT2D eigenvalue weighted by molar-refractivity contribution is 0.293. The van der Waals surface area contributed by atoms with E-state index in [1.165, 1.54) is 5.56 Å². The van der Waals surface area contributed by atoms with Crippen molar-refractivity contribution in [3.63, 3.8) is 0 Å². The summed E-state index contributed by atoms with van der Waals surface area (Å²) in [6, 6.07) is 22.3. The van der Waals surface area contributed by atoms with Gasteiger partial charge in [-0.05, 0) is 41.5 Å². The van der Waals surface area contributed by atoms with Crippen LogP contribution in [-0.2, 0) is 19.4 Å². The molecule has 1 aliphatic carbocycles. The highest BCUT2D eigenvalue weighted by Gasteiger charge is 2.27. The van der Waals surface area contributed by atoms with Crippen LogP contribution in [0, 0.1) is 11.3 Å². The van der Waals surface area contributed by atoms with E-state index in [0.717, 1.165) is 45.7 Å². The molecule has 30 heavy (non-hydrogen) atoms. The van der Waals surface area contributed by atoms with Crippen molar-refractivity contribution in [1.82, 2.24) is 4.98 Å². The number of benzene rings is 2. The van der Waals surface area contributed by atoms with E-state index in [1.807, 2.05) is 41.8 Å². The number of halogens is 1. The minimum Gasteiger partial charge on any atom is -0.472 e. The van der Waals surface area contributed by atoms with E-state index in [-0.39, 0.29) is 6.61 Å². The summed E-state index contributed by atoms with van der Waals surface area (Å²) in [6.07, 6.45) is 1.79. The zero-order valence-corrected chi connectivity index (χ0v) is 17.6. The molecule has 5 rings (SSSR count). The van der Waals surface area contributed by atoms with Gasteiger partial charge >= 0.3 is 0 Å². The van der Waals surface area contributed by atoms with Crippen LogP contribution in [0.4, 0.5) is 0 Å². The summed E-state index contributed by atoms with van der Waals surface area (Å²) in [7, 11) is 0. The Hall–Kier alpha value is -3.13. The Bertz CT molecular complexity index is 1280. The molecule has 0 radical (unpaired) electrons. The van der Waals surface area contributed by atoms with Gasteiger partial charge in [-0.1, -0.05) is 60.1 Å². The second kappa shape index (κ2) is 7.95. The lowest BCUT2D eigenvalue weighted by atomic mass is 9.85. The third-order valence-electron chi connectivity index (χ3n) is 5.38. The first kappa shape index (κ1) is 18.9. The average Bonchev–Trinajstić information content (AvgIpc) is 3.32. The molecular formula is C25H17ClN2OS. The van der Waals surface area contributed by atoms with Gasteiger partial charge in [0.05, 0.1) is 5.69 Å². The molecule has 146 valence electrons. The third-order valence-corrected chi connectivity index (χ3v) is 6.64. The van der Waals surface area contributed by atoms with Crippen molar-refractivity contribution in [2.45, 2.75) is 19.4 Å². The molecular weight excluding hydrogens is 412 g/mol. The van der Waals surface area contributed by atoms with Gasteiger partial charge in [0.25, 0.3) is 0 Å². The molecule has 0 saturated heterocycles. The maximum absolute atomic E-state index is 10.1. The van der Waals surface area contributed by atoms with Crippen molar-refractivity contribution in [3.05, 3.63) is 93.3 Å². The summed E-state index contributed by atoms with van der Waals surface area (Å²) in [5.41, 5.74) is 6.72. The van der Waals surface area contributed by atoms with Crippen LogP contribution in [0.1, 0.15) is 22.3 Å². The van der Waals surface area contributed by atoms with Crippen LogP contribution >= 0.6 is 22.9 Å². The Balaban J connectivity index is 1.69. The molecule has 4 aromatic rings. The van der Waals surface area contributed by atoms with Crippen molar-refractivity contribution in [2.24, 2.45) is 0 Å². The lowest BCUT2D eigenvalue weighted by Crippen LogP contribution is -2.11. The standard InChI is InChI=1S/C25H17ClN2OS/c26-21-9-4-2-7-17(21)15-29-25-20(14-27)23(22-10-5-13-30-22)19-12-11-16-6-1-3-8-18(16)24(19)28-25/h1-10,13H,11-12,15H2. The van der Waals surface area contributed by atoms with E-state index in [2.05, 4.69) is 30.3 Å². The summed E-state index contributed by atoms with van der Waals surface area (Å²) in [6.45, 7) is 0.256. The average molecular weight is 429 g/mol. The van der Waals surface area contributed by atoms with Crippen LogP contribution in [0.5, 0.6) is 5.88 Å². The van der Waals surface area contributed by atoms with Gasteiger partial charge in [0.15, 0.2) is 0 Å². The fraction of sp³-hybridized carbons (Fsp3) is 0.120. The van der Waals surface area contributed by atoms with Crippen LogP contribution in [-0.4, -0.2) is 4.98 Å². The van der Waals surface area contributed by atoms with E-state index < -0.39 is 0 Å². The van der Waals surface area contributed by atoms with E-state index in [0.29, 0.717) is 16.5 Å². The summed E-state index contributed by atoms with van der Waals surface area (Å²) in [4.78, 5) is 5.92. The Labute approximate surface area is 184 Å². The Morgan fingerprint density at radius 1 is 1.03 bits per heavy atom. The predicted molar refractivity (Wildman–Crippen MR) is 121 cm³/mol. The number of thiophene rings is 1. The van der Waals surface area contributed by atoms with Gasteiger partial charge in [-0.15, -0.1) is 11.3 Å². The van der Waals surface area contributed by atoms with Gasteiger partial charge < -0.3 is 4.74 Å². The van der Waals surface area contributed by atoms with Crippen LogP contribution in [0.3, 0.4) is 0 Å². The van der Waals surface area contributed by atoms with E-state index >= 15 is 0 Å². The second-order valence-electron chi connectivity index (χ2n) is 7.12. The minimum atomic E-state index is 0.256. The highest BCUT2D eigenvalue weighted by Crippen LogP contribution is 2.43. The molecule has 2 aromatic heterocycles. The molecule has 0 N–H and O–H groups in total. The summed E-state index contributed by atoms with van der Waals surface area (Å²) in [5.74, 6) is 0.358. The summed E-state index contributed by atoms with van der Waals surface area (Å²) < 4.78 is 6.10. The first-order valence-electron chi connectivity index (χ1n) is 9.71. The SMILES string of the molecule is N#Cc1c(OCc2ccccc2Cl)nc2c(c1-c1cccs1)CCc1ccccc1-2. The van der Waals surface area contributed by atoms with Crippen molar-refractivity contribution in [2.75, 3.05) is 0 Å². The van der Waals surface area contributed by atoms with Crippen LogP contribution in [0.2, 0.25) is 5.02 Å². The number of nitriles is 1. The van der Waals surface area contributed by atoms with Gasteiger partial charge in [-0.25, -0.2) is 4.98 Å². The fourth-order valence-electron chi connectivity index (χ4n) is 3.96. The molecule has 0 amide bonds. The quantitative estimate of drug-likeness (QED) is 0.364. The zero-order chi connectivity index (χ0) is 20.5. The highest BCUT2D eigenvalue weighted by atomic mass is 35.5. The molecule has 0 aliphatic heterocycles. The van der Waals surface area contributed by atoms with Gasteiger partial charge in [0, 0.05) is 26.6 Å². The third kappa shape index (κ3) is 3.27. The molecule has 0 spiro atoms. The second-order valence-corrected chi connectivity index (χ2v) is 8.48. The number of aryl methyl sites for hydroxylation is 1. The Morgan fingerprint density at radius 2 is 1.87 bits per heavy atom. The summed E-state index contributed by atoms with van der Waals surface area (Å²) >= 11 is 7.92. The number of fused-ring (bicyclic) bond motifs is 3. The summed E-state index contributed by atoms with van der Waals surface area (Å²) in [5, 5.41) is 12.7. The normalized spacial score (nSPS) is 12.0. The monoisotopic (exact) mass is 428 g/mol. The number of aromatic nitrogens is 1. The molecule has 3 nitrogen and oxygen atoms in total. The number of nitrogens with zero attached hydrogens (tertiary/aromatic N) is 2. The van der Waals surface area contributed by atoms with Crippen molar-refractivity contribution < 1.29 is 4.74 Å². The fourth-order valence-corrected chi connectivity index (χ4v) is 4.95. The van der Waals surface area contributed by atoms with Crippen LogP contribution in [0.15, 0.2) is 66.0 Å². The zero-order valence-electron chi connectivity index (χ0n) is 16.1. The lowest BCUT2D eigenvalue weighted by Gasteiger charge is -2.23. The molecule has 2 heterocycles. The van der Waals surface area contributed by atoms with E-state index in [1.54, 1.807) is 11.3 Å². The molecule has 5 heteroatoms. The van der Waals surface area contributed by atoms with E-state index in [4.69, 9.17) is 21.3 Å². The first-order chi connectivity index (χ1) is 14.8. The number of ether oxygens (including phenoxy) is 1. The molecule has 2 aromatic carbocycles. The van der Waals surface area contributed by atoms with Gasteiger partial charge in [0.1, 0.15) is 18.2 Å². The number of hydrogen-bond donors (Lipinski definition) is 0. The number of rotatable bonds is 4. The van der Waals surface area contributed by atoms with Gasteiger partial charge in [0.2, 0.25) is 5.88 Å². The highest BCUT2D eigenvalue weighted by molar-refractivity contribution is 7.13. The number of pyridine rings is 1. The largest absolute Gasteiger partial charge is 0.472 e. The first-order valence-corrected chi connectivity index (χ1v) is 11.0.